The number of rotatable bonds is 3. The van der Waals surface area contributed by atoms with Crippen LogP contribution in [-0.4, -0.2) is 6.54 Å². The summed E-state index contributed by atoms with van der Waals surface area (Å²) in [5.74, 6) is 0. The molecule has 0 heterocycles. The molecule has 1 N–H and O–H groups in total. The highest BCUT2D eigenvalue weighted by molar-refractivity contribution is 5.58. The van der Waals surface area contributed by atoms with Crippen LogP contribution in [0, 0.1) is 0 Å². The van der Waals surface area contributed by atoms with Crippen LogP contribution < -0.4 is 5.32 Å². The Hall–Kier alpha value is -0.980. The first-order valence-corrected chi connectivity index (χ1v) is 4.76. The van der Waals surface area contributed by atoms with Gasteiger partial charge >= 0.3 is 0 Å². The molecule has 0 aromatic heterocycles. The van der Waals surface area contributed by atoms with Gasteiger partial charge in [-0.15, -0.1) is 0 Å². The molecule has 0 bridgehead atoms. The number of hydrogen-bond acceptors (Lipinski definition) is 1. The summed E-state index contributed by atoms with van der Waals surface area (Å²) in [6, 6.07) is 6.57. The summed E-state index contributed by atoms with van der Waals surface area (Å²) in [5.41, 5.74) is 4.45. The summed E-state index contributed by atoms with van der Waals surface area (Å²) in [4.78, 5) is 0. The minimum Gasteiger partial charge on any atom is -0.385 e. The van der Waals surface area contributed by atoms with Gasteiger partial charge in [0.15, 0.2) is 0 Å². The van der Waals surface area contributed by atoms with E-state index in [1.165, 1.54) is 30.5 Å². The third-order valence-electron chi connectivity index (χ3n) is 2.48. The van der Waals surface area contributed by atoms with Crippen molar-refractivity contribution in [2.45, 2.75) is 26.2 Å². The van der Waals surface area contributed by atoms with Crippen molar-refractivity contribution in [3.8, 4) is 0 Å². The summed E-state index contributed by atoms with van der Waals surface area (Å²) in [6.07, 6.45) is 3.74. The molecule has 12 heavy (non-hydrogen) atoms. The summed E-state index contributed by atoms with van der Waals surface area (Å²) in [7, 11) is 0. The van der Waals surface area contributed by atoms with Crippen LogP contribution in [0.25, 0.3) is 0 Å². The van der Waals surface area contributed by atoms with E-state index >= 15 is 0 Å². The van der Waals surface area contributed by atoms with Gasteiger partial charge in [-0.05, 0) is 36.5 Å². The molecule has 1 heteroatoms. The van der Waals surface area contributed by atoms with Crippen molar-refractivity contribution in [1.82, 2.24) is 0 Å². The Labute approximate surface area is 73.8 Å². The maximum Gasteiger partial charge on any atom is 0.0375 e. The minimum atomic E-state index is 1.09. The lowest BCUT2D eigenvalue weighted by Crippen LogP contribution is -2.13. The second-order valence-electron chi connectivity index (χ2n) is 3.37. The van der Waals surface area contributed by atoms with Crippen molar-refractivity contribution in [1.29, 1.82) is 0 Å². The number of fused-ring (bicyclic) bond motifs is 1. The Balaban J connectivity index is 2.15. The topological polar surface area (TPSA) is 12.0 Å². The second kappa shape index (κ2) is 3.18. The highest BCUT2D eigenvalue weighted by Gasteiger charge is 2.15. The highest BCUT2D eigenvalue weighted by Crippen LogP contribution is 2.29. The molecule has 0 fully saturated rings. The fourth-order valence-electron chi connectivity index (χ4n) is 1.67. The van der Waals surface area contributed by atoms with E-state index in [9.17, 15) is 0 Å². The van der Waals surface area contributed by atoms with Crippen LogP contribution in [0.3, 0.4) is 0 Å². The summed E-state index contributed by atoms with van der Waals surface area (Å²) < 4.78 is 0. The molecule has 0 radical (unpaired) electrons. The number of aryl methyl sites for hydroxylation is 1. The largest absolute Gasteiger partial charge is 0.385 e. The molecule has 0 saturated carbocycles. The van der Waals surface area contributed by atoms with E-state index in [-0.39, 0.29) is 0 Å². The van der Waals surface area contributed by atoms with Gasteiger partial charge in [0.05, 0.1) is 0 Å². The highest BCUT2D eigenvalue weighted by atomic mass is 14.9. The summed E-state index contributed by atoms with van der Waals surface area (Å²) >= 11 is 0. The Morgan fingerprint density at radius 3 is 2.92 bits per heavy atom. The second-order valence-corrected chi connectivity index (χ2v) is 3.37. The van der Waals surface area contributed by atoms with Gasteiger partial charge in [-0.25, -0.2) is 0 Å². The lowest BCUT2D eigenvalue weighted by molar-refractivity contribution is 0.836. The maximum atomic E-state index is 3.45. The monoisotopic (exact) mass is 161 g/mol. The standard InChI is InChI=1S/C11H15N/c1-2-8-12-11-5-3-4-9-6-7-10(9)11/h3-5,12H,2,6-8H2,1H3. The molecule has 0 saturated heterocycles. The molecule has 1 aliphatic rings. The zero-order chi connectivity index (χ0) is 8.39. The fraction of sp³-hybridized carbons (Fsp3) is 0.455. The smallest absolute Gasteiger partial charge is 0.0375 e. The van der Waals surface area contributed by atoms with Crippen LogP contribution in [0.5, 0.6) is 0 Å². The molecule has 64 valence electrons. The molecule has 2 rings (SSSR count). The zero-order valence-corrected chi connectivity index (χ0v) is 7.56. The molecule has 0 atom stereocenters. The SMILES string of the molecule is CCCNc1cccc2c1CC2. The quantitative estimate of drug-likeness (QED) is 0.718. The lowest BCUT2D eigenvalue weighted by atomic mass is 9.87. The predicted molar refractivity (Wildman–Crippen MR) is 52.6 cm³/mol. The van der Waals surface area contributed by atoms with Crippen molar-refractivity contribution in [3.05, 3.63) is 29.3 Å². The van der Waals surface area contributed by atoms with Gasteiger partial charge in [0.2, 0.25) is 0 Å². The van der Waals surface area contributed by atoms with Gasteiger partial charge in [0.25, 0.3) is 0 Å². The Bertz CT molecular complexity index is 278. The molecular weight excluding hydrogens is 146 g/mol. The lowest BCUT2D eigenvalue weighted by Gasteiger charge is -2.22. The average molecular weight is 161 g/mol. The van der Waals surface area contributed by atoms with Crippen LogP contribution in [0.15, 0.2) is 18.2 Å². The molecule has 0 amide bonds. The van der Waals surface area contributed by atoms with Gasteiger partial charge < -0.3 is 5.32 Å². The van der Waals surface area contributed by atoms with Crippen LogP contribution in [0.1, 0.15) is 24.5 Å². The normalized spacial score (nSPS) is 13.4. The Morgan fingerprint density at radius 2 is 2.25 bits per heavy atom. The number of nitrogens with one attached hydrogen (secondary N) is 1. The van der Waals surface area contributed by atoms with E-state index in [2.05, 4.69) is 30.4 Å². The molecule has 1 aromatic carbocycles. The fourth-order valence-corrected chi connectivity index (χ4v) is 1.67. The summed E-state index contributed by atoms with van der Waals surface area (Å²) in [6.45, 7) is 3.29. The molecule has 1 aliphatic carbocycles. The average Bonchev–Trinajstić information content (AvgIpc) is 2.04. The Kier molecular flexibility index (Phi) is 2.03. The zero-order valence-electron chi connectivity index (χ0n) is 7.56. The number of hydrogen-bond donors (Lipinski definition) is 1. The molecule has 0 unspecified atom stereocenters. The third kappa shape index (κ3) is 1.20. The molecule has 1 aromatic rings. The summed E-state index contributed by atoms with van der Waals surface area (Å²) in [5, 5.41) is 3.45. The van der Waals surface area contributed by atoms with Crippen LogP contribution in [-0.2, 0) is 12.8 Å². The predicted octanol–water partition coefficient (Wildman–Crippen LogP) is 2.61. The molecule has 0 spiro atoms. The number of benzene rings is 1. The number of anilines is 1. The van der Waals surface area contributed by atoms with E-state index in [1.54, 1.807) is 5.56 Å². The Morgan fingerprint density at radius 1 is 1.33 bits per heavy atom. The first kappa shape index (κ1) is 7.66. The van der Waals surface area contributed by atoms with Crippen molar-refractivity contribution in [2.24, 2.45) is 0 Å². The van der Waals surface area contributed by atoms with Gasteiger partial charge in [-0.3, -0.25) is 0 Å². The molecule has 0 aliphatic heterocycles. The van der Waals surface area contributed by atoms with Gasteiger partial charge in [-0.2, -0.15) is 0 Å². The molecular formula is C11H15N. The molecule has 1 nitrogen and oxygen atoms in total. The van der Waals surface area contributed by atoms with E-state index in [4.69, 9.17) is 0 Å². The van der Waals surface area contributed by atoms with Crippen LogP contribution in [0.2, 0.25) is 0 Å². The van der Waals surface area contributed by atoms with E-state index in [1.807, 2.05) is 0 Å². The van der Waals surface area contributed by atoms with Gasteiger partial charge in [0.1, 0.15) is 0 Å². The first-order valence-electron chi connectivity index (χ1n) is 4.76. The minimum absolute atomic E-state index is 1.09. The third-order valence-corrected chi connectivity index (χ3v) is 2.48. The van der Waals surface area contributed by atoms with Gasteiger partial charge in [0, 0.05) is 12.2 Å². The van der Waals surface area contributed by atoms with Crippen molar-refractivity contribution in [2.75, 3.05) is 11.9 Å². The van der Waals surface area contributed by atoms with Gasteiger partial charge in [-0.1, -0.05) is 19.1 Å². The van der Waals surface area contributed by atoms with Crippen molar-refractivity contribution >= 4 is 5.69 Å². The van der Waals surface area contributed by atoms with Crippen molar-refractivity contribution in [3.63, 3.8) is 0 Å². The van der Waals surface area contributed by atoms with E-state index in [0.29, 0.717) is 0 Å². The van der Waals surface area contributed by atoms with E-state index in [0.717, 1.165) is 6.54 Å². The maximum absolute atomic E-state index is 3.45. The van der Waals surface area contributed by atoms with Crippen LogP contribution >= 0.6 is 0 Å². The van der Waals surface area contributed by atoms with Crippen LogP contribution in [0.4, 0.5) is 5.69 Å². The van der Waals surface area contributed by atoms with E-state index < -0.39 is 0 Å². The first-order chi connectivity index (χ1) is 5.92. The van der Waals surface area contributed by atoms with Crippen molar-refractivity contribution < 1.29 is 0 Å².